The fourth-order valence-electron chi connectivity index (χ4n) is 5.04. The number of thiazole rings is 1. The number of piperidine rings is 1. The third kappa shape index (κ3) is 6.15. The summed E-state index contributed by atoms with van der Waals surface area (Å²) in [7, 11) is 0. The van der Waals surface area contributed by atoms with Crippen molar-refractivity contribution in [2.24, 2.45) is 10.9 Å². The topological polar surface area (TPSA) is 139 Å². The van der Waals surface area contributed by atoms with Gasteiger partial charge < -0.3 is 24.8 Å². The highest BCUT2D eigenvalue weighted by Gasteiger charge is 2.38. The van der Waals surface area contributed by atoms with Crippen LogP contribution in [0.4, 0.5) is 14.7 Å². The first-order chi connectivity index (χ1) is 20.7. The fraction of sp³-hybridized carbons (Fsp3) is 0.357. The molecular formula is C28H27ClF2N6O5S. The number of benzene rings is 1. The highest BCUT2D eigenvalue weighted by molar-refractivity contribution is 7.11. The Balaban J connectivity index is 1.52. The van der Waals surface area contributed by atoms with Gasteiger partial charge in [0.1, 0.15) is 6.04 Å². The van der Waals surface area contributed by atoms with Crippen LogP contribution in [-0.2, 0) is 9.53 Å². The number of carbonyl (C=O) groups excluding carboxylic acids is 1. The second kappa shape index (κ2) is 13.0. The molecule has 15 heteroatoms. The Bertz CT molecular complexity index is 1590. The number of esters is 1. The van der Waals surface area contributed by atoms with E-state index in [1.807, 2.05) is 4.90 Å². The molecule has 3 aromatic rings. The number of nitrogens with zero attached hydrogens (tertiary/aromatic N) is 5. The molecule has 0 aliphatic carbocycles. The molecule has 1 fully saturated rings. The molecule has 4 heterocycles. The van der Waals surface area contributed by atoms with Crippen LogP contribution < -0.4 is 15.0 Å². The SMILES string of the molecule is CCOC(=O)C1=C(C2CCN(c3ncc(OCC)c(C(=O)O)n3)CC2)NC(c2nccs2)=NC1c1ccc(F)c(F)c1Cl. The summed E-state index contributed by atoms with van der Waals surface area (Å²) in [5.41, 5.74) is 0.533. The van der Waals surface area contributed by atoms with Crippen LogP contribution in [0.1, 0.15) is 53.8 Å². The molecule has 0 bridgehead atoms. The van der Waals surface area contributed by atoms with Gasteiger partial charge in [-0.3, -0.25) is 4.99 Å². The van der Waals surface area contributed by atoms with Crippen LogP contribution in [0.25, 0.3) is 0 Å². The van der Waals surface area contributed by atoms with Crippen LogP contribution in [0, 0.1) is 17.6 Å². The van der Waals surface area contributed by atoms with Gasteiger partial charge in [-0.25, -0.2) is 33.3 Å². The molecule has 43 heavy (non-hydrogen) atoms. The molecule has 0 radical (unpaired) electrons. The van der Waals surface area contributed by atoms with Crippen LogP contribution >= 0.6 is 22.9 Å². The number of carbonyl (C=O) groups is 2. The maximum absolute atomic E-state index is 14.6. The lowest BCUT2D eigenvalue weighted by molar-refractivity contribution is -0.139. The minimum atomic E-state index is -1.24. The van der Waals surface area contributed by atoms with Crippen LogP contribution in [0.3, 0.4) is 0 Å². The Kier molecular flexibility index (Phi) is 9.16. The van der Waals surface area contributed by atoms with E-state index in [1.54, 1.807) is 25.4 Å². The number of nitrogens with one attached hydrogen (secondary N) is 1. The van der Waals surface area contributed by atoms with Gasteiger partial charge in [-0.2, -0.15) is 0 Å². The molecule has 1 aromatic carbocycles. The van der Waals surface area contributed by atoms with E-state index in [0.29, 0.717) is 42.5 Å². The van der Waals surface area contributed by atoms with Crippen molar-refractivity contribution in [1.29, 1.82) is 0 Å². The van der Waals surface area contributed by atoms with E-state index in [1.165, 1.54) is 23.6 Å². The number of carboxylic acid groups (broad SMARTS) is 1. The molecule has 2 aliphatic heterocycles. The second-order valence-corrected chi connectivity index (χ2v) is 10.8. The van der Waals surface area contributed by atoms with Crippen LogP contribution in [0.2, 0.25) is 5.02 Å². The molecule has 226 valence electrons. The number of rotatable bonds is 9. The number of carboxylic acids is 1. The zero-order valence-corrected chi connectivity index (χ0v) is 24.7. The van der Waals surface area contributed by atoms with E-state index in [-0.39, 0.29) is 47.7 Å². The van der Waals surface area contributed by atoms with Crippen molar-refractivity contribution in [3.63, 3.8) is 0 Å². The highest BCUT2D eigenvalue weighted by Crippen LogP contribution is 2.41. The lowest BCUT2D eigenvalue weighted by Gasteiger charge is -2.36. The Labute approximate surface area is 254 Å². The predicted molar refractivity (Wildman–Crippen MR) is 155 cm³/mol. The van der Waals surface area contributed by atoms with E-state index in [2.05, 4.69) is 20.3 Å². The van der Waals surface area contributed by atoms with Gasteiger partial charge in [0.2, 0.25) is 5.95 Å². The Hall–Kier alpha value is -4.17. The maximum atomic E-state index is 14.6. The third-order valence-electron chi connectivity index (χ3n) is 7.00. The smallest absolute Gasteiger partial charge is 0.358 e. The van der Waals surface area contributed by atoms with Crippen molar-refractivity contribution in [3.05, 3.63) is 74.1 Å². The summed E-state index contributed by atoms with van der Waals surface area (Å²) < 4.78 is 39.4. The second-order valence-electron chi connectivity index (χ2n) is 9.54. The van der Waals surface area contributed by atoms with Crippen molar-refractivity contribution in [2.45, 2.75) is 32.7 Å². The van der Waals surface area contributed by atoms with Gasteiger partial charge in [0.25, 0.3) is 0 Å². The molecule has 2 aliphatic rings. The van der Waals surface area contributed by atoms with Crippen molar-refractivity contribution in [3.8, 4) is 5.75 Å². The summed E-state index contributed by atoms with van der Waals surface area (Å²) in [6.45, 7) is 4.61. The van der Waals surface area contributed by atoms with Gasteiger partial charge in [0.15, 0.2) is 33.9 Å². The number of aromatic nitrogens is 3. The third-order valence-corrected chi connectivity index (χ3v) is 8.16. The van der Waals surface area contributed by atoms with E-state index in [0.717, 1.165) is 6.07 Å². The van der Waals surface area contributed by atoms with E-state index in [4.69, 9.17) is 26.1 Å². The number of aromatic carboxylic acids is 1. The zero-order chi connectivity index (χ0) is 30.7. The average Bonchev–Trinajstić information content (AvgIpc) is 3.55. The summed E-state index contributed by atoms with van der Waals surface area (Å²) in [5.74, 6) is -3.80. The van der Waals surface area contributed by atoms with Gasteiger partial charge in [-0.15, -0.1) is 11.3 Å². The molecule has 0 saturated carbocycles. The average molecular weight is 633 g/mol. The Morgan fingerprint density at radius 3 is 2.60 bits per heavy atom. The predicted octanol–water partition coefficient (Wildman–Crippen LogP) is 4.79. The number of amidine groups is 1. The van der Waals surface area contributed by atoms with Crippen LogP contribution in [-0.4, -0.2) is 64.1 Å². The first kappa shape index (κ1) is 30.3. The van der Waals surface area contributed by atoms with Gasteiger partial charge in [0.05, 0.1) is 30.0 Å². The molecule has 5 rings (SSSR count). The molecule has 1 unspecified atom stereocenters. The zero-order valence-electron chi connectivity index (χ0n) is 23.1. The maximum Gasteiger partial charge on any atom is 0.358 e. The molecule has 0 amide bonds. The molecule has 1 atom stereocenters. The number of anilines is 1. The standard InChI is InChI=1S/C28H27ClF2N6O5S/c1-3-41-17-13-33-28(36-23(17)26(38)39)37-10-7-14(8-11-37)21-18(27(40)42-4-2)22(15-5-6-16(30)20(31)19(15)29)35-24(34-21)25-32-9-12-43-25/h5-6,9,12-14,22H,3-4,7-8,10-11H2,1-2H3,(H,34,35)(H,38,39). The molecule has 1 saturated heterocycles. The first-order valence-electron chi connectivity index (χ1n) is 13.5. The van der Waals surface area contributed by atoms with Crippen molar-refractivity contribution in [1.82, 2.24) is 20.3 Å². The molecule has 11 nitrogen and oxygen atoms in total. The minimum Gasteiger partial charge on any atom is -0.490 e. The number of hydrogen-bond donors (Lipinski definition) is 2. The summed E-state index contributed by atoms with van der Waals surface area (Å²) in [6, 6.07) is 1.16. The summed E-state index contributed by atoms with van der Waals surface area (Å²) in [4.78, 5) is 44.6. The number of ether oxygens (including phenoxy) is 2. The van der Waals surface area contributed by atoms with E-state index >= 15 is 0 Å². The summed E-state index contributed by atoms with van der Waals surface area (Å²) >= 11 is 7.59. The van der Waals surface area contributed by atoms with Crippen molar-refractivity contribution < 1.29 is 33.0 Å². The number of allylic oxidation sites excluding steroid dienone is 1. The minimum absolute atomic E-state index is 0.0797. The molecule has 0 spiro atoms. The molecular weight excluding hydrogens is 606 g/mol. The summed E-state index contributed by atoms with van der Waals surface area (Å²) in [6.07, 6.45) is 3.97. The lowest BCUT2D eigenvalue weighted by atomic mass is 9.85. The lowest BCUT2D eigenvalue weighted by Crippen LogP contribution is -2.42. The Morgan fingerprint density at radius 2 is 1.95 bits per heavy atom. The van der Waals surface area contributed by atoms with Crippen molar-refractivity contribution >= 4 is 46.7 Å². The van der Waals surface area contributed by atoms with Gasteiger partial charge in [-0.1, -0.05) is 17.7 Å². The van der Waals surface area contributed by atoms with Gasteiger partial charge in [0, 0.05) is 41.8 Å². The molecule has 2 N–H and O–H groups in total. The van der Waals surface area contributed by atoms with Crippen molar-refractivity contribution in [2.75, 3.05) is 31.2 Å². The molecule has 2 aromatic heterocycles. The van der Waals surface area contributed by atoms with Gasteiger partial charge >= 0.3 is 11.9 Å². The highest BCUT2D eigenvalue weighted by atomic mass is 35.5. The van der Waals surface area contributed by atoms with Crippen LogP contribution in [0.15, 0.2) is 46.2 Å². The number of hydrogen-bond acceptors (Lipinski definition) is 11. The van der Waals surface area contributed by atoms with Crippen LogP contribution in [0.5, 0.6) is 5.75 Å². The normalized spacial score (nSPS) is 17.4. The fourth-order valence-corrected chi connectivity index (χ4v) is 5.89. The van der Waals surface area contributed by atoms with E-state index in [9.17, 15) is 23.5 Å². The first-order valence-corrected chi connectivity index (χ1v) is 14.8. The largest absolute Gasteiger partial charge is 0.490 e. The number of halogens is 3. The number of aliphatic imine (C=N–C) groups is 1. The summed E-state index contributed by atoms with van der Waals surface area (Å²) in [5, 5.41) is 14.7. The van der Waals surface area contributed by atoms with E-state index < -0.39 is 34.6 Å². The monoisotopic (exact) mass is 632 g/mol. The Morgan fingerprint density at radius 1 is 1.19 bits per heavy atom. The van der Waals surface area contributed by atoms with Gasteiger partial charge in [-0.05, 0) is 32.8 Å². The quantitative estimate of drug-likeness (QED) is 0.250.